The summed E-state index contributed by atoms with van der Waals surface area (Å²) >= 11 is 1.38. The Labute approximate surface area is 207 Å². The molecule has 5 rings (SSSR count). The second-order valence-electron chi connectivity index (χ2n) is 8.34. The number of benzene rings is 2. The molecule has 0 spiro atoms. The highest BCUT2D eigenvalue weighted by molar-refractivity contribution is 7.99. The molecule has 0 unspecified atom stereocenters. The fourth-order valence-corrected chi connectivity index (χ4v) is 5.06. The van der Waals surface area contributed by atoms with Gasteiger partial charge in [-0.05, 0) is 49.7 Å². The maximum absolute atomic E-state index is 13.2. The monoisotopic (exact) mass is 490 g/mol. The molecule has 1 aliphatic rings. The van der Waals surface area contributed by atoms with Gasteiger partial charge in [0.2, 0.25) is 6.79 Å². The van der Waals surface area contributed by atoms with E-state index in [1.54, 1.807) is 7.11 Å². The number of carbonyl (C=O) groups excluding carboxylic acids is 1. The first-order chi connectivity index (χ1) is 17.0. The standard InChI is InChI=1S/C26H26N4O4S/c1-16-11-20(17(2)30(16)13-18-9-10-23-24(12-18)34-15-33-23)21(31)14-35-26-28-27-25(29(26)3)19-7-5-6-8-22(19)32-4/h5-12H,13-15H2,1-4H3. The van der Waals surface area contributed by atoms with Gasteiger partial charge in [-0.25, -0.2) is 0 Å². The fourth-order valence-electron chi connectivity index (χ4n) is 4.26. The average Bonchev–Trinajstić information content (AvgIpc) is 3.56. The summed E-state index contributed by atoms with van der Waals surface area (Å²) in [5.41, 5.74) is 4.65. The Bertz CT molecular complexity index is 1410. The maximum Gasteiger partial charge on any atom is 0.231 e. The highest BCUT2D eigenvalue weighted by atomic mass is 32.2. The Balaban J connectivity index is 1.30. The van der Waals surface area contributed by atoms with Crippen LogP contribution in [-0.2, 0) is 13.6 Å². The number of ether oxygens (including phenoxy) is 3. The number of rotatable bonds is 8. The molecule has 0 aliphatic carbocycles. The van der Waals surface area contributed by atoms with Crippen molar-refractivity contribution in [2.45, 2.75) is 25.5 Å². The molecular formula is C26H26N4O4S. The molecule has 2 aromatic heterocycles. The summed E-state index contributed by atoms with van der Waals surface area (Å²) < 4.78 is 20.4. The van der Waals surface area contributed by atoms with Gasteiger partial charge in [0.25, 0.3) is 0 Å². The van der Waals surface area contributed by atoms with Crippen LogP contribution in [0.5, 0.6) is 17.2 Å². The molecule has 0 saturated carbocycles. The number of carbonyl (C=O) groups is 1. The van der Waals surface area contributed by atoms with Crippen molar-refractivity contribution in [3.8, 4) is 28.6 Å². The van der Waals surface area contributed by atoms with Crippen molar-refractivity contribution in [3.63, 3.8) is 0 Å². The van der Waals surface area contributed by atoms with Gasteiger partial charge in [0.05, 0.1) is 18.4 Å². The lowest BCUT2D eigenvalue weighted by atomic mass is 10.1. The molecule has 9 heteroatoms. The molecule has 2 aromatic carbocycles. The summed E-state index contributed by atoms with van der Waals surface area (Å²) in [5.74, 6) is 3.27. The maximum atomic E-state index is 13.2. The molecule has 0 fully saturated rings. The van der Waals surface area contributed by atoms with Crippen molar-refractivity contribution in [2.75, 3.05) is 19.7 Å². The van der Waals surface area contributed by atoms with Crippen molar-refractivity contribution in [1.82, 2.24) is 19.3 Å². The van der Waals surface area contributed by atoms with Gasteiger partial charge in [-0.1, -0.05) is 30.0 Å². The molecule has 35 heavy (non-hydrogen) atoms. The second-order valence-corrected chi connectivity index (χ2v) is 9.28. The summed E-state index contributed by atoms with van der Waals surface area (Å²) in [7, 11) is 3.53. The Hall–Kier alpha value is -3.72. The fraction of sp³-hybridized carbons (Fsp3) is 0.269. The van der Waals surface area contributed by atoms with E-state index in [4.69, 9.17) is 14.2 Å². The van der Waals surface area contributed by atoms with Crippen molar-refractivity contribution in [3.05, 3.63) is 71.0 Å². The summed E-state index contributed by atoms with van der Waals surface area (Å²) in [5, 5.41) is 9.31. The van der Waals surface area contributed by atoms with E-state index in [-0.39, 0.29) is 18.3 Å². The molecule has 1 aliphatic heterocycles. The molecule has 0 atom stereocenters. The highest BCUT2D eigenvalue weighted by Crippen LogP contribution is 2.33. The van der Waals surface area contributed by atoms with Gasteiger partial charge >= 0.3 is 0 Å². The predicted molar refractivity (Wildman–Crippen MR) is 134 cm³/mol. The van der Waals surface area contributed by atoms with Crippen LogP contribution in [0.25, 0.3) is 11.4 Å². The number of thioether (sulfide) groups is 1. The van der Waals surface area contributed by atoms with Crippen LogP contribution >= 0.6 is 11.8 Å². The Kier molecular flexibility index (Phi) is 6.25. The number of methoxy groups -OCH3 is 1. The zero-order valence-corrected chi connectivity index (χ0v) is 20.9. The summed E-state index contributed by atoms with van der Waals surface area (Å²) in [6, 6.07) is 15.6. The molecule has 8 nitrogen and oxygen atoms in total. The molecule has 3 heterocycles. The minimum Gasteiger partial charge on any atom is -0.496 e. The normalized spacial score (nSPS) is 12.2. The van der Waals surface area contributed by atoms with E-state index in [9.17, 15) is 4.79 Å². The van der Waals surface area contributed by atoms with Crippen LogP contribution in [0.4, 0.5) is 0 Å². The number of para-hydroxylation sites is 1. The first-order valence-corrected chi connectivity index (χ1v) is 12.2. The van der Waals surface area contributed by atoms with Gasteiger partial charge in [0.15, 0.2) is 28.3 Å². The first-order valence-electron chi connectivity index (χ1n) is 11.2. The molecule has 0 saturated heterocycles. The Morgan fingerprint density at radius 1 is 1.09 bits per heavy atom. The number of hydrogen-bond acceptors (Lipinski definition) is 7. The van der Waals surface area contributed by atoms with Gasteiger partial charge in [-0.2, -0.15) is 0 Å². The highest BCUT2D eigenvalue weighted by Gasteiger charge is 2.20. The molecule has 4 aromatic rings. The third-order valence-corrected chi connectivity index (χ3v) is 7.19. The summed E-state index contributed by atoms with van der Waals surface area (Å²) in [4.78, 5) is 13.2. The van der Waals surface area contributed by atoms with Crippen LogP contribution in [-0.4, -0.2) is 44.8 Å². The molecule has 0 radical (unpaired) electrons. The number of aryl methyl sites for hydroxylation is 1. The first kappa shape index (κ1) is 23.0. The molecule has 0 bridgehead atoms. The van der Waals surface area contributed by atoms with E-state index in [2.05, 4.69) is 14.8 Å². The SMILES string of the molecule is COc1ccccc1-c1nnc(SCC(=O)c2cc(C)n(Cc3ccc4c(c3)OCO4)c2C)n1C. The van der Waals surface area contributed by atoms with Crippen LogP contribution in [0.15, 0.2) is 53.7 Å². The lowest BCUT2D eigenvalue weighted by molar-refractivity contribution is 0.102. The third kappa shape index (κ3) is 4.39. The third-order valence-electron chi connectivity index (χ3n) is 6.17. The van der Waals surface area contributed by atoms with Gasteiger partial charge in [0, 0.05) is 30.5 Å². The zero-order valence-electron chi connectivity index (χ0n) is 20.1. The second kappa shape index (κ2) is 9.50. The zero-order chi connectivity index (χ0) is 24.5. The Morgan fingerprint density at radius 3 is 2.71 bits per heavy atom. The summed E-state index contributed by atoms with van der Waals surface area (Å²) in [6.07, 6.45) is 0. The van der Waals surface area contributed by atoms with Crippen LogP contribution in [0, 0.1) is 13.8 Å². The van der Waals surface area contributed by atoms with E-state index in [0.29, 0.717) is 17.5 Å². The van der Waals surface area contributed by atoms with Crippen molar-refractivity contribution >= 4 is 17.5 Å². The molecule has 0 N–H and O–H groups in total. The molecule has 180 valence electrons. The Morgan fingerprint density at radius 2 is 1.89 bits per heavy atom. The largest absolute Gasteiger partial charge is 0.496 e. The minimum atomic E-state index is 0.0573. The lowest BCUT2D eigenvalue weighted by Gasteiger charge is -2.11. The molecular weight excluding hydrogens is 464 g/mol. The van der Waals surface area contributed by atoms with E-state index in [1.165, 1.54) is 11.8 Å². The van der Waals surface area contributed by atoms with E-state index >= 15 is 0 Å². The van der Waals surface area contributed by atoms with E-state index in [1.807, 2.05) is 74.0 Å². The van der Waals surface area contributed by atoms with Gasteiger partial charge in [-0.15, -0.1) is 10.2 Å². The lowest BCUT2D eigenvalue weighted by Crippen LogP contribution is -2.08. The predicted octanol–water partition coefficient (Wildman–Crippen LogP) is 4.66. The van der Waals surface area contributed by atoms with Gasteiger partial charge in [-0.3, -0.25) is 4.79 Å². The molecule has 0 amide bonds. The quantitative estimate of drug-likeness (QED) is 0.262. The van der Waals surface area contributed by atoms with Crippen LogP contribution in [0.2, 0.25) is 0 Å². The van der Waals surface area contributed by atoms with Crippen molar-refractivity contribution in [1.29, 1.82) is 0 Å². The van der Waals surface area contributed by atoms with Gasteiger partial charge in [0.1, 0.15) is 5.75 Å². The number of ketones is 1. The number of Topliss-reactive ketones (excluding diaryl/α,β-unsaturated/α-hetero) is 1. The minimum absolute atomic E-state index is 0.0573. The van der Waals surface area contributed by atoms with E-state index < -0.39 is 0 Å². The average molecular weight is 491 g/mol. The van der Waals surface area contributed by atoms with Crippen LogP contribution in [0.3, 0.4) is 0 Å². The number of aromatic nitrogens is 4. The summed E-state index contributed by atoms with van der Waals surface area (Å²) in [6.45, 7) is 4.91. The van der Waals surface area contributed by atoms with Gasteiger partial charge < -0.3 is 23.3 Å². The topological polar surface area (TPSA) is 80.4 Å². The number of nitrogens with zero attached hydrogens (tertiary/aromatic N) is 4. The number of fused-ring (bicyclic) bond motifs is 1. The van der Waals surface area contributed by atoms with E-state index in [0.717, 1.165) is 45.3 Å². The van der Waals surface area contributed by atoms with Crippen molar-refractivity contribution in [2.24, 2.45) is 7.05 Å². The smallest absolute Gasteiger partial charge is 0.231 e. The van der Waals surface area contributed by atoms with Crippen molar-refractivity contribution < 1.29 is 19.0 Å². The van der Waals surface area contributed by atoms with Crippen LogP contribution < -0.4 is 14.2 Å². The van der Waals surface area contributed by atoms with Crippen LogP contribution in [0.1, 0.15) is 27.3 Å². The number of hydrogen-bond donors (Lipinski definition) is 0.